The lowest BCUT2D eigenvalue weighted by Crippen LogP contribution is -2.26. The number of hydrogen-bond acceptors (Lipinski definition) is 4. The molecule has 0 saturated heterocycles. The fourth-order valence-corrected chi connectivity index (χ4v) is 3.93. The van der Waals surface area contributed by atoms with Crippen LogP contribution in [0, 0.1) is 5.82 Å². The summed E-state index contributed by atoms with van der Waals surface area (Å²) in [6.07, 6.45) is 0. The summed E-state index contributed by atoms with van der Waals surface area (Å²) in [5.74, 6) is -0.784. The van der Waals surface area contributed by atoms with Gasteiger partial charge in [-0.1, -0.05) is 54.2 Å². The van der Waals surface area contributed by atoms with E-state index in [1.54, 1.807) is 55.5 Å². The van der Waals surface area contributed by atoms with Crippen LogP contribution in [0.4, 0.5) is 10.1 Å². The molecule has 7 heteroatoms. The Balaban J connectivity index is 1.76. The number of para-hydroxylation sites is 3. The van der Waals surface area contributed by atoms with Gasteiger partial charge in [0.05, 0.1) is 21.8 Å². The highest BCUT2D eigenvalue weighted by molar-refractivity contribution is 8.00. The van der Waals surface area contributed by atoms with Crippen LogP contribution < -0.4 is 10.9 Å². The summed E-state index contributed by atoms with van der Waals surface area (Å²) in [5.41, 5.74) is 0.879. The molecule has 4 aromatic rings. The normalized spacial score (nSPS) is 11.9. The predicted molar refractivity (Wildman–Crippen MR) is 118 cm³/mol. The Bertz CT molecular complexity index is 1270. The van der Waals surface area contributed by atoms with Crippen LogP contribution in [-0.2, 0) is 4.79 Å². The Morgan fingerprint density at radius 2 is 1.67 bits per heavy atom. The Hall–Kier alpha value is -3.45. The first kappa shape index (κ1) is 19.8. The van der Waals surface area contributed by atoms with Crippen molar-refractivity contribution in [2.45, 2.75) is 17.3 Å². The molecule has 1 atom stereocenters. The molecule has 0 aliphatic carbocycles. The average molecular weight is 419 g/mol. The molecule has 0 spiro atoms. The zero-order valence-corrected chi connectivity index (χ0v) is 16.9. The molecule has 5 nitrogen and oxygen atoms in total. The van der Waals surface area contributed by atoms with Crippen LogP contribution >= 0.6 is 11.8 Å². The SMILES string of the molecule is CC(Sc1nc2ccccc2c(=O)n1-c1ccccc1F)C(=O)Nc1ccccc1. The van der Waals surface area contributed by atoms with Crippen molar-refractivity contribution in [3.05, 3.63) is 95.0 Å². The van der Waals surface area contributed by atoms with E-state index in [9.17, 15) is 14.0 Å². The van der Waals surface area contributed by atoms with Crippen LogP contribution in [0.25, 0.3) is 16.6 Å². The van der Waals surface area contributed by atoms with Crippen LogP contribution in [0.5, 0.6) is 0 Å². The van der Waals surface area contributed by atoms with Gasteiger partial charge in [-0.05, 0) is 43.3 Å². The number of amides is 1. The van der Waals surface area contributed by atoms with Gasteiger partial charge in [-0.3, -0.25) is 14.2 Å². The summed E-state index contributed by atoms with van der Waals surface area (Å²) in [5, 5.41) is 2.89. The van der Waals surface area contributed by atoms with Crippen LogP contribution in [0.3, 0.4) is 0 Å². The van der Waals surface area contributed by atoms with Crippen molar-refractivity contribution < 1.29 is 9.18 Å². The van der Waals surface area contributed by atoms with Gasteiger partial charge in [0.15, 0.2) is 5.16 Å². The number of nitrogens with one attached hydrogen (secondary N) is 1. The summed E-state index contributed by atoms with van der Waals surface area (Å²) in [6, 6.07) is 22.0. The largest absolute Gasteiger partial charge is 0.325 e. The lowest BCUT2D eigenvalue weighted by Gasteiger charge is -2.17. The van der Waals surface area contributed by atoms with E-state index in [4.69, 9.17) is 0 Å². The summed E-state index contributed by atoms with van der Waals surface area (Å²) in [4.78, 5) is 30.4. The highest BCUT2D eigenvalue weighted by Gasteiger charge is 2.21. The zero-order valence-electron chi connectivity index (χ0n) is 16.1. The number of benzene rings is 3. The molecule has 1 N–H and O–H groups in total. The van der Waals surface area contributed by atoms with Gasteiger partial charge < -0.3 is 5.32 Å². The maximum Gasteiger partial charge on any atom is 0.266 e. The van der Waals surface area contributed by atoms with Crippen LogP contribution in [0.1, 0.15) is 6.92 Å². The molecule has 0 fully saturated rings. The first-order valence-electron chi connectivity index (χ1n) is 9.34. The molecule has 0 aliphatic rings. The van der Waals surface area contributed by atoms with E-state index in [1.807, 2.05) is 18.2 Å². The molecule has 1 aromatic heterocycles. The summed E-state index contributed by atoms with van der Waals surface area (Å²) < 4.78 is 15.8. The van der Waals surface area contributed by atoms with Gasteiger partial charge in [0.25, 0.3) is 5.56 Å². The molecular formula is C23H18FN3O2S. The summed E-state index contributed by atoms with van der Waals surface area (Å²) >= 11 is 1.10. The molecule has 4 rings (SSSR count). The Morgan fingerprint density at radius 3 is 2.43 bits per heavy atom. The van der Waals surface area contributed by atoms with Crippen molar-refractivity contribution in [3.63, 3.8) is 0 Å². The third-order valence-electron chi connectivity index (χ3n) is 4.53. The van der Waals surface area contributed by atoms with Crippen molar-refractivity contribution in [3.8, 4) is 5.69 Å². The number of halogens is 1. The number of anilines is 1. The van der Waals surface area contributed by atoms with Crippen molar-refractivity contribution >= 4 is 34.3 Å². The molecule has 30 heavy (non-hydrogen) atoms. The number of nitrogens with zero attached hydrogens (tertiary/aromatic N) is 2. The maximum absolute atomic E-state index is 14.5. The lowest BCUT2D eigenvalue weighted by molar-refractivity contribution is -0.115. The highest BCUT2D eigenvalue weighted by atomic mass is 32.2. The van der Waals surface area contributed by atoms with E-state index in [0.717, 1.165) is 11.8 Å². The molecule has 1 unspecified atom stereocenters. The molecule has 0 bridgehead atoms. The monoisotopic (exact) mass is 419 g/mol. The second-order valence-electron chi connectivity index (χ2n) is 6.62. The molecule has 1 heterocycles. The lowest BCUT2D eigenvalue weighted by atomic mass is 10.2. The molecule has 0 aliphatic heterocycles. The average Bonchev–Trinajstić information content (AvgIpc) is 2.75. The van der Waals surface area contributed by atoms with Crippen molar-refractivity contribution in [1.29, 1.82) is 0 Å². The highest BCUT2D eigenvalue weighted by Crippen LogP contribution is 2.26. The van der Waals surface area contributed by atoms with Gasteiger partial charge in [-0.2, -0.15) is 0 Å². The third kappa shape index (κ3) is 3.97. The minimum Gasteiger partial charge on any atom is -0.325 e. The van der Waals surface area contributed by atoms with Crippen LogP contribution in [0.2, 0.25) is 0 Å². The maximum atomic E-state index is 14.5. The second kappa shape index (κ2) is 8.51. The number of hydrogen-bond donors (Lipinski definition) is 1. The minimum atomic E-state index is -0.573. The Morgan fingerprint density at radius 1 is 1.00 bits per heavy atom. The van der Waals surface area contributed by atoms with Crippen LogP contribution in [0.15, 0.2) is 88.8 Å². The van der Waals surface area contributed by atoms with E-state index in [0.29, 0.717) is 16.6 Å². The summed E-state index contributed by atoms with van der Waals surface area (Å²) in [7, 11) is 0. The second-order valence-corrected chi connectivity index (χ2v) is 7.93. The molecular weight excluding hydrogens is 401 g/mol. The number of carbonyl (C=O) groups excluding carboxylic acids is 1. The third-order valence-corrected chi connectivity index (χ3v) is 5.58. The molecule has 150 valence electrons. The Labute approximate surface area is 176 Å². The number of fused-ring (bicyclic) bond motifs is 1. The van der Waals surface area contributed by atoms with Gasteiger partial charge in [0, 0.05) is 5.69 Å². The molecule has 0 saturated carbocycles. The fraction of sp³-hybridized carbons (Fsp3) is 0.0870. The number of aromatic nitrogens is 2. The first-order chi connectivity index (χ1) is 14.5. The molecule has 1 amide bonds. The van der Waals surface area contributed by atoms with E-state index in [1.165, 1.54) is 16.7 Å². The van der Waals surface area contributed by atoms with E-state index < -0.39 is 11.1 Å². The van der Waals surface area contributed by atoms with Gasteiger partial charge >= 0.3 is 0 Å². The van der Waals surface area contributed by atoms with Gasteiger partial charge in [0.2, 0.25) is 5.91 Å². The van der Waals surface area contributed by atoms with E-state index in [2.05, 4.69) is 10.3 Å². The van der Waals surface area contributed by atoms with E-state index >= 15 is 0 Å². The number of thioether (sulfide) groups is 1. The summed E-state index contributed by atoms with van der Waals surface area (Å²) in [6.45, 7) is 1.72. The molecule has 3 aromatic carbocycles. The minimum absolute atomic E-state index is 0.0962. The number of carbonyl (C=O) groups is 1. The van der Waals surface area contributed by atoms with E-state index in [-0.39, 0.29) is 22.3 Å². The van der Waals surface area contributed by atoms with Crippen molar-refractivity contribution in [1.82, 2.24) is 9.55 Å². The topological polar surface area (TPSA) is 64.0 Å². The van der Waals surface area contributed by atoms with Crippen molar-refractivity contribution in [2.75, 3.05) is 5.32 Å². The standard InChI is InChI=1S/C23H18FN3O2S/c1-15(21(28)25-16-9-3-2-4-10-16)30-23-26-19-13-7-5-11-17(19)22(29)27(23)20-14-8-6-12-18(20)24/h2-15H,1H3,(H,25,28). The van der Waals surface area contributed by atoms with Gasteiger partial charge in [0.1, 0.15) is 5.82 Å². The van der Waals surface area contributed by atoms with Crippen molar-refractivity contribution in [2.24, 2.45) is 0 Å². The molecule has 0 radical (unpaired) electrons. The van der Waals surface area contributed by atoms with Crippen LogP contribution in [-0.4, -0.2) is 20.7 Å². The fourth-order valence-electron chi connectivity index (χ4n) is 3.01. The van der Waals surface area contributed by atoms with Gasteiger partial charge in [-0.25, -0.2) is 9.37 Å². The number of rotatable bonds is 5. The van der Waals surface area contributed by atoms with Gasteiger partial charge in [-0.15, -0.1) is 0 Å². The zero-order chi connectivity index (χ0) is 21.1. The quantitative estimate of drug-likeness (QED) is 0.378. The Kier molecular flexibility index (Phi) is 5.63. The first-order valence-corrected chi connectivity index (χ1v) is 10.2. The smallest absolute Gasteiger partial charge is 0.266 e. The predicted octanol–water partition coefficient (Wildman–Crippen LogP) is 4.64.